The van der Waals surface area contributed by atoms with Gasteiger partial charge in [-0.1, -0.05) is 12.1 Å². The fourth-order valence-electron chi connectivity index (χ4n) is 3.12. The Hall–Kier alpha value is -3.69. The zero-order valence-electron chi connectivity index (χ0n) is 17.7. The fourth-order valence-corrected chi connectivity index (χ4v) is 3.12. The molecule has 0 atom stereocenters. The van der Waals surface area contributed by atoms with Crippen molar-refractivity contribution in [1.29, 1.82) is 0 Å². The molecule has 6 nitrogen and oxygen atoms in total. The van der Waals surface area contributed by atoms with Gasteiger partial charge in [0.05, 0.1) is 24.0 Å². The van der Waals surface area contributed by atoms with E-state index >= 15 is 0 Å². The third kappa shape index (κ3) is 6.41. The second-order valence-electron chi connectivity index (χ2n) is 7.12. The molecular formula is C23H21F4N3O3. The van der Waals surface area contributed by atoms with Crippen molar-refractivity contribution in [3.8, 4) is 11.3 Å². The predicted molar refractivity (Wildman–Crippen MR) is 113 cm³/mol. The molecule has 0 saturated heterocycles. The molecule has 0 aliphatic heterocycles. The van der Waals surface area contributed by atoms with E-state index in [4.69, 9.17) is 4.42 Å². The molecule has 0 bridgehead atoms. The standard InChI is InChI=1S/C23H21F4N3O3/c1-2-30(14-20(31)29-18-6-4-3-5-17(18)23(25,26)27)22(32)12-11-21-28-13-19(33-21)15-7-9-16(24)10-8-15/h3-10,13H,2,11-12,14H2,1H3,(H,29,31). The summed E-state index contributed by atoms with van der Waals surface area (Å²) in [6.45, 7) is 1.46. The number of rotatable bonds is 8. The van der Waals surface area contributed by atoms with E-state index in [9.17, 15) is 27.2 Å². The van der Waals surface area contributed by atoms with Crippen molar-refractivity contribution in [3.05, 3.63) is 72.0 Å². The molecule has 174 valence electrons. The quantitative estimate of drug-likeness (QED) is 0.482. The third-order valence-corrected chi connectivity index (χ3v) is 4.81. The molecule has 2 amide bonds. The first kappa shape index (κ1) is 24.0. The van der Waals surface area contributed by atoms with Crippen molar-refractivity contribution >= 4 is 17.5 Å². The van der Waals surface area contributed by atoms with Gasteiger partial charge in [0.1, 0.15) is 5.82 Å². The number of nitrogens with one attached hydrogen (secondary N) is 1. The Labute approximate surface area is 187 Å². The van der Waals surface area contributed by atoms with E-state index < -0.39 is 24.2 Å². The lowest BCUT2D eigenvalue weighted by Gasteiger charge is -2.21. The number of benzene rings is 2. The Kier molecular flexibility index (Phi) is 7.47. The summed E-state index contributed by atoms with van der Waals surface area (Å²) in [5, 5.41) is 2.23. The minimum atomic E-state index is -4.62. The molecule has 1 heterocycles. The number of amides is 2. The smallest absolute Gasteiger partial charge is 0.418 e. The maximum Gasteiger partial charge on any atom is 0.418 e. The maximum absolute atomic E-state index is 13.1. The van der Waals surface area contributed by atoms with Gasteiger partial charge in [-0.25, -0.2) is 9.37 Å². The lowest BCUT2D eigenvalue weighted by atomic mass is 10.1. The van der Waals surface area contributed by atoms with Crippen LogP contribution in [0.3, 0.4) is 0 Å². The molecule has 0 fully saturated rings. The van der Waals surface area contributed by atoms with E-state index in [0.717, 1.165) is 12.1 Å². The summed E-state index contributed by atoms with van der Waals surface area (Å²) in [4.78, 5) is 30.2. The third-order valence-electron chi connectivity index (χ3n) is 4.81. The van der Waals surface area contributed by atoms with E-state index in [2.05, 4.69) is 10.3 Å². The lowest BCUT2D eigenvalue weighted by Crippen LogP contribution is -2.38. The molecule has 10 heteroatoms. The monoisotopic (exact) mass is 463 g/mol. The number of nitrogens with zero attached hydrogens (tertiary/aromatic N) is 2. The number of oxazole rings is 1. The largest absolute Gasteiger partial charge is 0.441 e. The van der Waals surface area contributed by atoms with Crippen LogP contribution in [0.2, 0.25) is 0 Å². The van der Waals surface area contributed by atoms with Crippen LogP contribution in [-0.4, -0.2) is 34.8 Å². The molecule has 0 unspecified atom stereocenters. The van der Waals surface area contributed by atoms with Crippen molar-refractivity contribution in [1.82, 2.24) is 9.88 Å². The average Bonchev–Trinajstić information content (AvgIpc) is 3.25. The van der Waals surface area contributed by atoms with Crippen LogP contribution in [-0.2, 0) is 22.2 Å². The summed E-state index contributed by atoms with van der Waals surface area (Å²) >= 11 is 0. The number of aromatic nitrogens is 1. The van der Waals surface area contributed by atoms with Gasteiger partial charge in [-0.2, -0.15) is 13.2 Å². The number of alkyl halides is 3. The highest BCUT2D eigenvalue weighted by Crippen LogP contribution is 2.34. The Bertz CT molecular complexity index is 1110. The van der Waals surface area contributed by atoms with Crippen LogP contribution >= 0.6 is 0 Å². The Morgan fingerprint density at radius 1 is 1.09 bits per heavy atom. The number of para-hydroxylation sites is 1. The normalized spacial score (nSPS) is 11.3. The van der Waals surface area contributed by atoms with Gasteiger partial charge >= 0.3 is 6.18 Å². The Morgan fingerprint density at radius 3 is 2.45 bits per heavy atom. The fraction of sp³-hybridized carbons (Fsp3) is 0.261. The number of hydrogen-bond donors (Lipinski definition) is 1. The summed E-state index contributed by atoms with van der Waals surface area (Å²) in [6, 6.07) is 10.3. The molecule has 1 aromatic heterocycles. The van der Waals surface area contributed by atoms with Crippen LogP contribution in [0.25, 0.3) is 11.3 Å². The molecule has 2 aromatic carbocycles. The SMILES string of the molecule is CCN(CC(=O)Nc1ccccc1C(F)(F)F)C(=O)CCc1ncc(-c2ccc(F)cc2)o1. The number of likely N-dealkylation sites (N-methyl/N-ethyl adjacent to an activating group) is 1. The summed E-state index contributed by atoms with van der Waals surface area (Å²) in [7, 11) is 0. The summed E-state index contributed by atoms with van der Waals surface area (Å²) in [5.74, 6) is -0.778. The van der Waals surface area contributed by atoms with Crippen LogP contribution in [0.5, 0.6) is 0 Å². The molecule has 0 spiro atoms. The number of hydrogen-bond acceptors (Lipinski definition) is 4. The predicted octanol–water partition coefficient (Wildman–Crippen LogP) is 4.92. The molecule has 1 N–H and O–H groups in total. The number of carbonyl (C=O) groups is 2. The Morgan fingerprint density at radius 2 is 1.79 bits per heavy atom. The van der Waals surface area contributed by atoms with Crippen molar-refractivity contribution < 1.29 is 31.6 Å². The van der Waals surface area contributed by atoms with E-state index in [-0.39, 0.29) is 36.8 Å². The maximum atomic E-state index is 13.1. The van der Waals surface area contributed by atoms with Crippen molar-refractivity contribution in [2.24, 2.45) is 0 Å². The first-order valence-corrected chi connectivity index (χ1v) is 10.1. The van der Waals surface area contributed by atoms with Crippen LogP contribution < -0.4 is 5.32 Å². The molecule has 33 heavy (non-hydrogen) atoms. The number of carbonyl (C=O) groups excluding carboxylic acids is 2. The number of anilines is 1. The van der Waals surface area contributed by atoms with Gasteiger partial charge in [0, 0.05) is 24.9 Å². The van der Waals surface area contributed by atoms with Crippen LogP contribution in [0, 0.1) is 5.82 Å². The zero-order valence-corrected chi connectivity index (χ0v) is 17.7. The first-order chi connectivity index (χ1) is 15.7. The topological polar surface area (TPSA) is 75.4 Å². The van der Waals surface area contributed by atoms with Crippen molar-refractivity contribution in [2.75, 3.05) is 18.4 Å². The summed E-state index contributed by atoms with van der Waals surface area (Å²) < 4.78 is 57.9. The summed E-state index contributed by atoms with van der Waals surface area (Å²) in [6.07, 6.45) is -3.00. The van der Waals surface area contributed by atoms with Gasteiger partial charge in [-0.3, -0.25) is 9.59 Å². The number of aryl methyl sites for hydroxylation is 1. The minimum absolute atomic E-state index is 0.0103. The highest BCUT2D eigenvalue weighted by Gasteiger charge is 2.33. The summed E-state index contributed by atoms with van der Waals surface area (Å²) in [5.41, 5.74) is -0.701. The highest BCUT2D eigenvalue weighted by atomic mass is 19.4. The van der Waals surface area contributed by atoms with Gasteiger partial charge in [-0.05, 0) is 43.3 Å². The van der Waals surface area contributed by atoms with Crippen LogP contribution in [0.1, 0.15) is 24.8 Å². The van der Waals surface area contributed by atoms with E-state index in [1.165, 1.54) is 35.4 Å². The molecule has 3 aromatic rings. The van der Waals surface area contributed by atoms with Gasteiger partial charge in [-0.15, -0.1) is 0 Å². The molecule has 3 rings (SSSR count). The molecule has 0 radical (unpaired) electrons. The van der Waals surface area contributed by atoms with Gasteiger partial charge in [0.2, 0.25) is 11.8 Å². The van der Waals surface area contributed by atoms with Crippen molar-refractivity contribution in [3.63, 3.8) is 0 Å². The number of halogens is 4. The van der Waals surface area contributed by atoms with Gasteiger partial charge in [0.25, 0.3) is 0 Å². The highest BCUT2D eigenvalue weighted by molar-refractivity contribution is 5.95. The van der Waals surface area contributed by atoms with Gasteiger partial charge < -0.3 is 14.6 Å². The molecule has 0 aliphatic carbocycles. The van der Waals surface area contributed by atoms with Crippen LogP contribution in [0.15, 0.2) is 59.1 Å². The average molecular weight is 463 g/mol. The Balaban J connectivity index is 1.56. The minimum Gasteiger partial charge on any atom is -0.441 e. The zero-order chi connectivity index (χ0) is 24.0. The van der Waals surface area contributed by atoms with E-state index in [1.54, 1.807) is 19.1 Å². The van der Waals surface area contributed by atoms with E-state index in [1.807, 2.05) is 0 Å². The lowest BCUT2D eigenvalue weighted by molar-refractivity contribution is -0.137. The van der Waals surface area contributed by atoms with Gasteiger partial charge in [0.15, 0.2) is 11.7 Å². The molecule has 0 aliphatic rings. The van der Waals surface area contributed by atoms with E-state index in [0.29, 0.717) is 17.2 Å². The van der Waals surface area contributed by atoms with Crippen LogP contribution in [0.4, 0.5) is 23.2 Å². The van der Waals surface area contributed by atoms with Crippen molar-refractivity contribution in [2.45, 2.75) is 25.9 Å². The molecular weight excluding hydrogens is 442 g/mol. The second kappa shape index (κ2) is 10.3. The second-order valence-corrected chi connectivity index (χ2v) is 7.12. The molecule has 0 saturated carbocycles. The first-order valence-electron chi connectivity index (χ1n) is 10.1.